The molecule has 0 spiro atoms. The summed E-state index contributed by atoms with van der Waals surface area (Å²) in [5, 5.41) is 8.68. The lowest BCUT2D eigenvalue weighted by Gasteiger charge is -2.16. The molecule has 0 radical (unpaired) electrons. The number of para-hydroxylation sites is 2. The van der Waals surface area contributed by atoms with Crippen LogP contribution in [0.4, 0.5) is 11.4 Å². The number of nitrogens with zero attached hydrogens (tertiary/aromatic N) is 1. The number of nitrogens with one attached hydrogen (secondary N) is 1. The number of fused-ring (bicyclic) bond motifs is 4. The van der Waals surface area contributed by atoms with E-state index in [1.807, 2.05) is 39.0 Å². The van der Waals surface area contributed by atoms with E-state index in [2.05, 4.69) is 168 Å². The average molecular weight is 647 g/mol. The highest BCUT2D eigenvalue weighted by molar-refractivity contribution is 6.10. The van der Waals surface area contributed by atoms with Gasteiger partial charge >= 0.3 is 0 Å². The van der Waals surface area contributed by atoms with E-state index in [4.69, 9.17) is 0 Å². The highest BCUT2D eigenvalue weighted by Crippen LogP contribution is 2.40. The van der Waals surface area contributed by atoms with Crippen molar-refractivity contribution in [3.05, 3.63) is 193 Å². The third-order valence-corrected chi connectivity index (χ3v) is 9.29. The molecule has 0 saturated heterocycles. The molecule has 1 aromatic heterocycles. The van der Waals surface area contributed by atoms with Gasteiger partial charge in [0, 0.05) is 33.4 Å². The topological polar surface area (TPSA) is 17.0 Å². The second kappa shape index (κ2) is 14.6. The van der Waals surface area contributed by atoms with Crippen molar-refractivity contribution in [1.82, 2.24) is 4.57 Å². The smallest absolute Gasteiger partial charge is 0.0541 e. The summed E-state index contributed by atoms with van der Waals surface area (Å²) in [6.45, 7) is 10.5. The molecule has 8 rings (SSSR count). The van der Waals surface area contributed by atoms with Crippen molar-refractivity contribution in [3.8, 4) is 5.69 Å². The predicted molar refractivity (Wildman–Crippen MR) is 219 cm³/mol. The second-order valence-corrected chi connectivity index (χ2v) is 12.3. The fraction of sp³-hybridized carbons (Fsp3) is 0.0833. The van der Waals surface area contributed by atoms with Crippen molar-refractivity contribution in [2.45, 2.75) is 27.2 Å². The molecule has 0 amide bonds. The molecule has 1 heterocycles. The minimum absolute atomic E-state index is 0.876. The van der Waals surface area contributed by atoms with E-state index < -0.39 is 0 Å². The third-order valence-electron chi connectivity index (χ3n) is 9.29. The summed E-state index contributed by atoms with van der Waals surface area (Å²) in [5.74, 6) is 0. The summed E-state index contributed by atoms with van der Waals surface area (Å²) >= 11 is 0. The Kier molecular flexibility index (Phi) is 9.44. The lowest BCUT2D eigenvalue weighted by molar-refractivity contribution is 1.18. The minimum Gasteiger partial charge on any atom is -0.355 e. The van der Waals surface area contributed by atoms with Gasteiger partial charge < -0.3 is 9.88 Å². The van der Waals surface area contributed by atoms with Gasteiger partial charge in [0.2, 0.25) is 0 Å². The first-order chi connectivity index (χ1) is 24.7. The van der Waals surface area contributed by atoms with Crippen molar-refractivity contribution < 1.29 is 0 Å². The Hall–Kier alpha value is -6.12. The molecule has 0 unspecified atom stereocenters. The lowest BCUT2D eigenvalue weighted by atomic mass is 9.94. The molecule has 7 aromatic rings. The van der Waals surface area contributed by atoms with Gasteiger partial charge in [-0.3, -0.25) is 0 Å². The van der Waals surface area contributed by atoms with Crippen LogP contribution in [0.3, 0.4) is 0 Å². The molecule has 244 valence electrons. The maximum absolute atomic E-state index is 4.46. The maximum Gasteiger partial charge on any atom is 0.0541 e. The molecule has 1 N–H and O–H groups in total. The minimum atomic E-state index is 0.876. The van der Waals surface area contributed by atoms with Crippen LogP contribution in [-0.2, 0) is 0 Å². The van der Waals surface area contributed by atoms with Gasteiger partial charge in [0.15, 0.2) is 0 Å². The lowest BCUT2D eigenvalue weighted by Crippen LogP contribution is -1.97. The fourth-order valence-electron chi connectivity index (χ4n) is 6.86. The number of hydrogen-bond donors (Lipinski definition) is 1. The number of hydrogen-bond acceptors (Lipinski definition) is 1. The molecule has 2 nitrogen and oxygen atoms in total. The van der Waals surface area contributed by atoms with E-state index in [1.165, 1.54) is 60.5 Å². The van der Waals surface area contributed by atoms with E-state index in [1.54, 1.807) is 0 Å². The molecule has 1 aliphatic carbocycles. The summed E-state index contributed by atoms with van der Waals surface area (Å²) in [6.07, 6.45) is 13.6. The van der Waals surface area contributed by atoms with Crippen LogP contribution in [0.1, 0.15) is 43.9 Å². The molecule has 0 atom stereocenters. The van der Waals surface area contributed by atoms with Crippen LogP contribution in [0.2, 0.25) is 0 Å². The number of rotatable bonds is 8. The first kappa shape index (κ1) is 32.4. The summed E-state index contributed by atoms with van der Waals surface area (Å²) in [6, 6.07) is 47.9. The standard InChI is InChI=1S/C46H36N2.C2H6/c1-3-4-6-13-32(2)42-30-37(23-26-44(42)47-39-25-22-33-14-9-10-15-34(33)29-39)35-20-21-36(28-35)38-24-27-46-43(31-38)41-18-11-12-19-45(41)48(46)40-16-7-5-8-17-40;1-2/h3-27,29-31,47H,2,28H2,1H3;1-2H3/b4-3-,13-6-;. The summed E-state index contributed by atoms with van der Waals surface area (Å²) in [7, 11) is 0. The first-order valence-electron chi connectivity index (χ1n) is 17.5. The van der Waals surface area contributed by atoms with Crippen LogP contribution in [-0.4, -0.2) is 4.57 Å². The summed E-state index contributed by atoms with van der Waals surface area (Å²) in [4.78, 5) is 0. The van der Waals surface area contributed by atoms with Gasteiger partial charge in [-0.15, -0.1) is 0 Å². The van der Waals surface area contributed by atoms with Gasteiger partial charge in [0.25, 0.3) is 0 Å². The van der Waals surface area contributed by atoms with Gasteiger partial charge in [-0.25, -0.2) is 0 Å². The molecule has 0 fully saturated rings. The van der Waals surface area contributed by atoms with Gasteiger partial charge in [-0.1, -0.05) is 136 Å². The van der Waals surface area contributed by atoms with Crippen molar-refractivity contribution in [1.29, 1.82) is 0 Å². The van der Waals surface area contributed by atoms with Crippen LogP contribution in [0.15, 0.2) is 176 Å². The van der Waals surface area contributed by atoms with E-state index in [9.17, 15) is 0 Å². The molecule has 0 bridgehead atoms. The Balaban J connectivity index is 0.00000193. The summed E-state index contributed by atoms with van der Waals surface area (Å²) < 4.78 is 2.37. The van der Waals surface area contributed by atoms with Gasteiger partial charge in [-0.2, -0.15) is 0 Å². The summed E-state index contributed by atoms with van der Waals surface area (Å²) in [5.41, 5.74) is 12.9. The fourth-order valence-corrected chi connectivity index (χ4v) is 6.86. The number of benzene rings is 6. The Labute approximate surface area is 295 Å². The first-order valence-corrected chi connectivity index (χ1v) is 17.5. The van der Waals surface area contributed by atoms with Gasteiger partial charge in [0.1, 0.15) is 0 Å². The van der Waals surface area contributed by atoms with Crippen molar-refractivity contribution in [3.63, 3.8) is 0 Å². The van der Waals surface area contributed by atoms with Crippen molar-refractivity contribution in [2.75, 3.05) is 5.32 Å². The largest absolute Gasteiger partial charge is 0.355 e. The van der Waals surface area contributed by atoms with Crippen LogP contribution in [0.25, 0.3) is 55.0 Å². The van der Waals surface area contributed by atoms with E-state index >= 15 is 0 Å². The number of aromatic nitrogens is 1. The molecule has 6 aromatic carbocycles. The molecule has 0 saturated carbocycles. The van der Waals surface area contributed by atoms with Crippen LogP contribution < -0.4 is 5.32 Å². The molecule has 2 heteroatoms. The Morgan fingerprint density at radius 3 is 2.12 bits per heavy atom. The van der Waals surface area contributed by atoms with E-state index in [0.29, 0.717) is 0 Å². The van der Waals surface area contributed by atoms with Crippen LogP contribution in [0.5, 0.6) is 0 Å². The van der Waals surface area contributed by atoms with E-state index in [-0.39, 0.29) is 0 Å². The van der Waals surface area contributed by atoms with Gasteiger partial charge in [0.05, 0.1) is 11.0 Å². The van der Waals surface area contributed by atoms with Crippen molar-refractivity contribution in [2.24, 2.45) is 0 Å². The zero-order valence-corrected chi connectivity index (χ0v) is 29.0. The van der Waals surface area contributed by atoms with Crippen LogP contribution in [0, 0.1) is 0 Å². The number of allylic oxidation sites excluding steroid dienone is 9. The average Bonchev–Trinajstić information content (AvgIpc) is 3.80. The van der Waals surface area contributed by atoms with Gasteiger partial charge in [-0.05, 0) is 107 Å². The molecular weight excluding hydrogens is 605 g/mol. The second-order valence-electron chi connectivity index (χ2n) is 12.3. The van der Waals surface area contributed by atoms with Crippen LogP contribution >= 0.6 is 0 Å². The van der Waals surface area contributed by atoms with E-state index in [0.717, 1.165) is 28.9 Å². The predicted octanol–water partition coefficient (Wildman–Crippen LogP) is 13.7. The highest BCUT2D eigenvalue weighted by Gasteiger charge is 2.18. The molecular formula is C48H42N2. The molecule has 1 aliphatic rings. The number of anilines is 2. The third kappa shape index (κ3) is 6.36. The highest BCUT2D eigenvalue weighted by atomic mass is 15.0. The SMILES string of the molecule is C=C(/C=C\C=C/C)c1cc(C2=CC=C(c3ccc4c(c3)c3ccccc3n4-c3ccccc3)C2)ccc1Nc1ccc2ccccc2c1.CC. The monoisotopic (exact) mass is 646 g/mol. The zero-order valence-electron chi connectivity index (χ0n) is 29.0. The maximum atomic E-state index is 4.46. The normalized spacial score (nSPS) is 12.8. The molecule has 50 heavy (non-hydrogen) atoms. The Morgan fingerprint density at radius 2 is 1.32 bits per heavy atom. The molecule has 0 aliphatic heterocycles. The van der Waals surface area contributed by atoms with Crippen molar-refractivity contribution >= 4 is 60.7 Å². The Bertz CT molecular complexity index is 2470. The quantitative estimate of drug-likeness (QED) is 0.163. The zero-order chi connectivity index (χ0) is 34.5. The Morgan fingerprint density at radius 1 is 0.640 bits per heavy atom.